The number of ether oxygens (including phenoxy) is 2. The monoisotopic (exact) mass is 377 g/mol. The summed E-state index contributed by atoms with van der Waals surface area (Å²) in [6, 6.07) is 4.46. The van der Waals surface area contributed by atoms with Crippen LogP contribution in [0.1, 0.15) is 28.9 Å². The summed E-state index contributed by atoms with van der Waals surface area (Å²) >= 11 is 0. The molecule has 26 heavy (non-hydrogen) atoms. The van der Waals surface area contributed by atoms with Crippen molar-refractivity contribution >= 4 is 15.7 Å². The first kappa shape index (κ1) is 16.9. The van der Waals surface area contributed by atoms with Gasteiger partial charge in [-0.05, 0) is 25.1 Å². The number of aryl methyl sites for hydroxylation is 1. The largest absolute Gasteiger partial charge is 0.454 e. The van der Waals surface area contributed by atoms with Gasteiger partial charge in [-0.1, -0.05) is 0 Å². The van der Waals surface area contributed by atoms with Crippen molar-refractivity contribution in [1.29, 1.82) is 0 Å². The molecule has 0 N–H and O–H groups in total. The average molecular weight is 377 g/mol. The van der Waals surface area contributed by atoms with Gasteiger partial charge in [-0.2, -0.15) is 5.10 Å². The number of aromatic nitrogens is 2. The summed E-state index contributed by atoms with van der Waals surface area (Å²) < 4.78 is 36.7. The van der Waals surface area contributed by atoms with Crippen LogP contribution in [-0.4, -0.2) is 53.8 Å². The lowest BCUT2D eigenvalue weighted by Crippen LogP contribution is -2.46. The highest BCUT2D eigenvalue weighted by molar-refractivity contribution is 7.91. The van der Waals surface area contributed by atoms with Gasteiger partial charge in [0.2, 0.25) is 6.79 Å². The van der Waals surface area contributed by atoms with Gasteiger partial charge in [0, 0.05) is 30.4 Å². The van der Waals surface area contributed by atoms with E-state index in [9.17, 15) is 13.2 Å². The highest BCUT2D eigenvalue weighted by Gasteiger charge is 2.36. The molecule has 0 spiro atoms. The van der Waals surface area contributed by atoms with Crippen molar-refractivity contribution in [2.45, 2.75) is 19.5 Å². The van der Waals surface area contributed by atoms with Gasteiger partial charge in [0.1, 0.15) is 0 Å². The van der Waals surface area contributed by atoms with E-state index in [4.69, 9.17) is 9.47 Å². The number of carbonyl (C=O) groups is 1. The highest BCUT2D eigenvalue weighted by atomic mass is 32.2. The van der Waals surface area contributed by atoms with Crippen LogP contribution in [-0.2, 0) is 16.4 Å². The summed E-state index contributed by atoms with van der Waals surface area (Å²) in [5.41, 5.74) is 1.17. The summed E-state index contributed by atoms with van der Waals surface area (Å²) in [6.45, 7) is 2.91. The lowest BCUT2D eigenvalue weighted by molar-refractivity contribution is 0.0697. The number of amides is 1. The average Bonchev–Trinajstić information content (AvgIpc) is 3.28. The van der Waals surface area contributed by atoms with Crippen LogP contribution in [0.15, 0.2) is 30.6 Å². The van der Waals surface area contributed by atoms with Gasteiger partial charge in [0.25, 0.3) is 5.91 Å². The molecular formula is C17H19N3O5S. The number of hydrogen-bond acceptors (Lipinski definition) is 6. The molecule has 0 aliphatic carbocycles. The second-order valence-electron chi connectivity index (χ2n) is 6.33. The van der Waals surface area contributed by atoms with Gasteiger partial charge in [0.05, 0.1) is 23.7 Å². The molecule has 138 valence electrons. The maximum absolute atomic E-state index is 13.1. The Kier molecular flexibility index (Phi) is 4.10. The number of benzene rings is 1. The minimum atomic E-state index is -3.21. The highest BCUT2D eigenvalue weighted by Crippen LogP contribution is 2.34. The van der Waals surface area contributed by atoms with Crippen molar-refractivity contribution in [3.05, 3.63) is 41.7 Å². The third kappa shape index (κ3) is 3.03. The fourth-order valence-corrected chi connectivity index (χ4v) is 4.74. The Balaban J connectivity index is 1.67. The molecule has 2 aliphatic heterocycles. The number of sulfone groups is 1. The molecule has 1 amide bonds. The first-order chi connectivity index (χ1) is 12.5. The minimum absolute atomic E-state index is 0.0400. The Hall–Kier alpha value is -2.55. The molecule has 0 radical (unpaired) electrons. The zero-order valence-electron chi connectivity index (χ0n) is 14.3. The van der Waals surface area contributed by atoms with Crippen LogP contribution in [0.2, 0.25) is 0 Å². The molecule has 1 unspecified atom stereocenters. The Bertz CT molecular complexity index is 953. The smallest absolute Gasteiger partial charge is 0.254 e. The zero-order chi connectivity index (χ0) is 18.3. The van der Waals surface area contributed by atoms with E-state index in [1.807, 2.05) is 6.92 Å². The fraction of sp³-hybridized carbons (Fsp3) is 0.412. The summed E-state index contributed by atoms with van der Waals surface area (Å²) in [7, 11) is -3.21. The topological polar surface area (TPSA) is 90.7 Å². The fourth-order valence-electron chi connectivity index (χ4n) is 3.25. The van der Waals surface area contributed by atoms with Gasteiger partial charge < -0.3 is 14.4 Å². The SMILES string of the molecule is CCn1cc(C2CS(=O)(=O)CCN2C(=O)c2ccc3c(c2)OCO3)cn1. The molecule has 9 heteroatoms. The van der Waals surface area contributed by atoms with E-state index in [0.717, 1.165) is 5.56 Å². The van der Waals surface area contributed by atoms with Gasteiger partial charge in [-0.15, -0.1) is 0 Å². The Morgan fingerprint density at radius 1 is 1.31 bits per heavy atom. The van der Waals surface area contributed by atoms with Crippen molar-refractivity contribution in [1.82, 2.24) is 14.7 Å². The standard InChI is InChI=1S/C17H19N3O5S/c1-2-19-9-13(8-18-19)14-10-26(22,23)6-5-20(14)17(21)12-3-4-15-16(7-12)25-11-24-15/h3-4,7-9,14H,2,5-6,10-11H2,1H3. The van der Waals surface area contributed by atoms with Crippen molar-refractivity contribution in [2.24, 2.45) is 0 Å². The number of fused-ring (bicyclic) bond motifs is 1. The third-order valence-corrected chi connectivity index (χ3v) is 6.30. The summed E-state index contributed by atoms with van der Waals surface area (Å²) in [5.74, 6) is 0.757. The Morgan fingerprint density at radius 3 is 2.88 bits per heavy atom. The van der Waals surface area contributed by atoms with Gasteiger partial charge in [-0.3, -0.25) is 9.48 Å². The van der Waals surface area contributed by atoms with E-state index in [0.29, 0.717) is 23.6 Å². The Labute approximate surface area is 151 Å². The van der Waals surface area contributed by atoms with Gasteiger partial charge in [0.15, 0.2) is 21.3 Å². The molecular weight excluding hydrogens is 358 g/mol. The first-order valence-electron chi connectivity index (χ1n) is 8.40. The lowest BCUT2D eigenvalue weighted by atomic mass is 10.1. The van der Waals surface area contributed by atoms with Crippen LogP contribution in [0.4, 0.5) is 0 Å². The zero-order valence-corrected chi connectivity index (χ0v) is 15.1. The summed E-state index contributed by atoms with van der Waals surface area (Å²) in [6.07, 6.45) is 3.43. The van der Waals surface area contributed by atoms with Crippen molar-refractivity contribution in [3.63, 3.8) is 0 Å². The maximum Gasteiger partial charge on any atom is 0.254 e. The van der Waals surface area contributed by atoms with E-state index < -0.39 is 15.9 Å². The van der Waals surface area contributed by atoms with Crippen LogP contribution in [0.25, 0.3) is 0 Å². The third-order valence-electron chi connectivity index (χ3n) is 4.67. The van der Waals surface area contributed by atoms with E-state index in [1.165, 1.54) is 0 Å². The van der Waals surface area contributed by atoms with Crippen molar-refractivity contribution < 1.29 is 22.7 Å². The van der Waals surface area contributed by atoms with Crippen LogP contribution >= 0.6 is 0 Å². The number of nitrogens with zero attached hydrogens (tertiary/aromatic N) is 3. The number of carbonyl (C=O) groups excluding carboxylic acids is 1. The number of rotatable bonds is 3. The van der Waals surface area contributed by atoms with Crippen molar-refractivity contribution in [2.75, 3.05) is 24.8 Å². The lowest BCUT2D eigenvalue weighted by Gasteiger charge is -2.35. The van der Waals surface area contributed by atoms with E-state index in [2.05, 4.69) is 5.10 Å². The molecule has 0 saturated carbocycles. The first-order valence-corrected chi connectivity index (χ1v) is 10.2. The predicted molar refractivity (Wildman–Crippen MR) is 92.9 cm³/mol. The second-order valence-corrected chi connectivity index (χ2v) is 8.55. The molecule has 3 heterocycles. The van der Waals surface area contributed by atoms with Crippen LogP contribution in [0, 0.1) is 0 Å². The molecule has 1 atom stereocenters. The molecule has 1 fully saturated rings. The van der Waals surface area contributed by atoms with E-state index in [-0.39, 0.29) is 30.8 Å². The second kappa shape index (κ2) is 6.31. The molecule has 2 aliphatic rings. The summed E-state index contributed by atoms with van der Waals surface area (Å²) in [5, 5.41) is 4.22. The number of hydrogen-bond donors (Lipinski definition) is 0. The molecule has 2 aromatic rings. The Morgan fingerprint density at radius 2 is 2.12 bits per heavy atom. The van der Waals surface area contributed by atoms with E-state index in [1.54, 1.807) is 40.2 Å². The maximum atomic E-state index is 13.1. The predicted octanol–water partition coefficient (Wildman–Crippen LogP) is 1.24. The van der Waals surface area contributed by atoms with E-state index >= 15 is 0 Å². The quantitative estimate of drug-likeness (QED) is 0.799. The molecule has 1 aromatic carbocycles. The molecule has 1 saturated heterocycles. The van der Waals surface area contributed by atoms with Gasteiger partial charge >= 0.3 is 0 Å². The van der Waals surface area contributed by atoms with Crippen LogP contribution < -0.4 is 9.47 Å². The molecule has 8 nitrogen and oxygen atoms in total. The van der Waals surface area contributed by atoms with Crippen LogP contribution in [0.5, 0.6) is 11.5 Å². The minimum Gasteiger partial charge on any atom is -0.454 e. The van der Waals surface area contributed by atoms with Crippen LogP contribution in [0.3, 0.4) is 0 Å². The molecule has 0 bridgehead atoms. The molecule has 1 aromatic heterocycles. The van der Waals surface area contributed by atoms with Gasteiger partial charge in [-0.25, -0.2) is 8.42 Å². The normalized spacial score (nSPS) is 21.0. The van der Waals surface area contributed by atoms with Crippen molar-refractivity contribution in [3.8, 4) is 11.5 Å². The molecule has 4 rings (SSSR count). The summed E-state index contributed by atoms with van der Waals surface area (Å²) in [4.78, 5) is 14.7.